The van der Waals surface area contributed by atoms with E-state index in [1.54, 1.807) is 11.8 Å². The van der Waals surface area contributed by atoms with E-state index >= 15 is 0 Å². The highest BCUT2D eigenvalue weighted by atomic mass is 35.5. The maximum absolute atomic E-state index is 12.7. The van der Waals surface area contributed by atoms with Gasteiger partial charge in [0.25, 0.3) is 0 Å². The summed E-state index contributed by atoms with van der Waals surface area (Å²) in [6, 6.07) is 0.125. The summed E-state index contributed by atoms with van der Waals surface area (Å²) in [6.45, 7) is 2.79. The van der Waals surface area contributed by atoms with E-state index in [0.29, 0.717) is 13.1 Å². The number of hydrogen-bond donors (Lipinski definition) is 0. The number of piperidine rings is 1. The van der Waals surface area contributed by atoms with Gasteiger partial charge in [-0.3, -0.25) is 4.79 Å². The first-order valence-corrected chi connectivity index (χ1v) is 6.57. The molecule has 19 heavy (non-hydrogen) atoms. The molecule has 1 aromatic heterocycles. The van der Waals surface area contributed by atoms with Gasteiger partial charge in [-0.15, -0.1) is 11.6 Å². The van der Waals surface area contributed by atoms with Gasteiger partial charge in [0.1, 0.15) is 11.5 Å². The Kier molecular flexibility index (Phi) is 4.52. The quantitative estimate of drug-likeness (QED) is 0.793. The molecule has 2 unspecified atom stereocenters. The van der Waals surface area contributed by atoms with E-state index in [1.165, 1.54) is 0 Å². The molecule has 7 heteroatoms. The van der Waals surface area contributed by atoms with Crippen LogP contribution in [0.3, 0.4) is 0 Å². The van der Waals surface area contributed by atoms with E-state index in [9.17, 15) is 9.18 Å². The summed E-state index contributed by atoms with van der Waals surface area (Å²) >= 11 is 5.79. The third-order valence-electron chi connectivity index (χ3n) is 2.90. The number of carbonyl (C=O) groups is 1. The molecule has 1 saturated heterocycles. The zero-order chi connectivity index (χ0) is 13.8. The molecule has 5 nitrogen and oxygen atoms in total. The lowest BCUT2D eigenvalue weighted by Crippen LogP contribution is -2.46. The molecule has 1 aromatic rings. The number of hydrogen-bond acceptors (Lipinski definition) is 4. The van der Waals surface area contributed by atoms with Gasteiger partial charge in [-0.1, -0.05) is 0 Å². The second-order valence-electron chi connectivity index (χ2n) is 4.47. The zero-order valence-electron chi connectivity index (χ0n) is 10.6. The van der Waals surface area contributed by atoms with E-state index in [2.05, 4.69) is 9.97 Å². The number of rotatable bonds is 3. The van der Waals surface area contributed by atoms with E-state index in [0.717, 1.165) is 25.2 Å². The highest BCUT2D eigenvalue weighted by molar-refractivity contribution is 6.30. The maximum atomic E-state index is 12.7. The van der Waals surface area contributed by atoms with Crippen molar-refractivity contribution >= 4 is 17.5 Å². The minimum atomic E-state index is -0.541. The van der Waals surface area contributed by atoms with Crippen LogP contribution in [-0.4, -0.2) is 45.3 Å². The van der Waals surface area contributed by atoms with Crippen molar-refractivity contribution in [2.75, 3.05) is 13.1 Å². The van der Waals surface area contributed by atoms with Crippen molar-refractivity contribution in [3.8, 4) is 6.01 Å². The molecule has 1 fully saturated rings. The standard InChI is InChI=1S/C12H15ClFN3O2/c1-8(13)11(18)17-4-2-3-10(7-17)19-12-15-5-9(14)6-16-12/h5-6,8,10H,2-4,7H2,1H3. The van der Waals surface area contributed by atoms with Crippen LogP contribution in [0.25, 0.3) is 0 Å². The molecule has 0 aromatic carbocycles. The molecule has 2 rings (SSSR count). The van der Waals surface area contributed by atoms with Gasteiger partial charge in [0.2, 0.25) is 5.91 Å². The molecule has 2 heterocycles. The molecule has 104 valence electrons. The van der Waals surface area contributed by atoms with Crippen molar-refractivity contribution < 1.29 is 13.9 Å². The molecule has 2 atom stereocenters. The molecule has 0 aliphatic carbocycles. The second-order valence-corrected chi connectivity index (χ2v) is 5.12. The Bertz CT molecular complexity index is 441. The lowest BCUT2D eigenvalue weighted by atomic mass is 10.1. The number of carbonyl (C=O) groups excluding carboxylic acids is 1. The molecule has 1 amide bonds. The van der Waals surface area contributed by atoms with Crippen molar-refractivity contribution in [3.63, 3.8) is 0 Å². The fourth-order valence-electron chi connectivity index (χ4n) is 2.00. The topological polar surface area (TPSA) is 55.3 Å². The molecule has 0 N–H and O–H groups in total. The van der Waals surface area contributed by atoms with Crippen LogP contribution in [0.1, 0.15) is 19.8 Å². The number of halogens is 2. The molecule has 1 aliphatic heterocycles. The Morgan fingerprint density at radius 1 is 1.58 bits per heavy atom. The van der Waals surface area contributed by atoms with E-state index < -0.39 is 11.2 Å². The maximum Gasteiger partial charge on any atom is 0.316 e. The van der Waals surface area contributed by atoms with Crippen molar-refractivity contribution in [2.24, 2.45) is 0 Å². The molecular formula is C12H15ClFN3O2. The number of aromatic nitrogens is 2. The summed E-state index contributed by atoms with van der Waals surface area (Å²) in [5, 5.41) is -0.541. The third kappa shape index (κ3) is 3.76. The average molecular weight is 288 g/mol. The molecule has 0 radical (unpaired) electrons. The first-order valence-electron chi connectivity index (χ1n) is 6.13. The van der Waals surface area contributed by atoms with Gasteiger partial charge in [-0.05, 0) is 19.8 Å². The smallest absolute Gasteiger partial charge is 0.316 e. The first kappa shape index (κ1) is 14.0. The Hall–Kier alpha value is -1.43. The number of likely N-dealkylation sites (tertiary alicyclic amines) is 1. The van der Waals surface area contributed by atoms with Crippen molar-refractivity contribution in [3.05, 3.63) is 18.2 Å². The van der Waals surface area contributed by atoms with Crippen LogP contribution in [0.4, 0.5) is 4.39 Å². The van der Waals surface area contributed by atoms with Gasteiger partial charge < -0.3 is 9.64 Å². The zero-order valence-corrected chi connectivity index (χ0v) is 11.3. The second kappa shape index (κ2) is 6.14. The summed E-state index contributed by atoms with van der Waals surface area (Å²) in [5.41, 5.74) is 0. The van der Waals surface area contributed by atoms with Gasteiger partial charge in [0.15, 0.2) is 5.82 Å². The molecule has 0 saturated carbocycles. The minimum absolute atomic E-state index is 0.102. The monoisotopic (exact) mass is 287 g/mol. The van der Waals surface area contributed by atoms with Crippen LogP contribution < -0.4 is 4.74 Å². The summed E-state index contributed by atoms with van der Waals surface area (Å²) in [7, 11) is 0. The van der Waals surface area contributed by atoms with E-state index in [4.69, 9.17) is 16.3 Å². The highest BCUT2D eigenvalue weighted by Gasteiger charge is 2.27. The van der Waals surface area contributed by atoms with Crippen LogP contribution >= 0.6 is 11.6 Å². The molecular weight excluding hydrogens is 273 g/mol. The lowest BCUT2D eigenvalue weighted by molar-refractivity contribution is -0.133. The fourth-order valence-corrected chi connectivity index (χ4v) is 2.13. The van der Waals surface area contributed by atoms with Gasteiger partial charge in [0, 0.05) is 6.54 Å². The van der Waals surface area contributed by atoms with Crippen LogP contribution in [0.15, 0.2) is 12.4 Å². The van der Waals surface area contributed by atoms with Gasteiger partial charge in [0.05, 0.1) is 18.9 Å². The summed E-state index contributed by atoms with van der Waals surface area (Å²) in [5.74, 6) is -0.612. The average Bonchev–Trinajstić information content (AvgIpc) is 2.41. The van der Waals surface area contributed by atoms with Crippen LogP contribution in [0.2, 0.25) is 0 Å². The summed E-state index contributed by atoms with van der Waals surface area (Å²) in [6.07, 6.45) is 3.56. The Morgan fingerprint density at radius 2 is 2.26 bits per heavy atom. The number of ether oxygens (including phenoxy) is 1. The normalized spacial score (nSPS) is 21.0. The van der Waals surface area contributed by atoms with Crippen LogP contribution in [0, 0.1) is 5.82 Å². The molecule has 0 spiro atoms. The number of amides is 1. The van der Waals surface area contributed by atoms with Gasteiger partial charge in [-0.2, -0.15) is 0 Å². The predicted molar refractivity (Wildman–Crippen MR) is 67.5 cm³/mol. The van der Waals surface area contributed by atoms with Gasteiger partial charge in [-0.25, -0.2) is 14.4 Å². The van der Waals surface area contributed by atoms with Crippen LogP contribution in [-0.2, 0) is 4.79 Å². The predicted octanol–water partition coefficient (Wildman–Crippen LogP) is 1.61. The SMILES string of the molecule is CC(Cl)C(=O)N1CCCC(Oc2ncc(F)cn2)C1. The lowest BCUT2D eigenvalue weighted by Gasteiger charge is -2.32. The Balaban J connectivity index is 1.94. The van der Waals surface area contributed by atoms with E-state index in [-0.39, 0.29) is 18.0 Å². The largest absolute Gasteiger partial charge is 0.458 e. The van der Waals surface area contributed by atoms with Crippen molar-refractivity contribution in [2.45, 2.75) is 31.2 Å². The van der Waals surface area contributed by atoms with E-state index in [1.807, 2.05) is 0 Å². The number of nitrogens with zero attached hydrogens (tertiary/aromatic N) is 3. The van der Waals surface area contributed by atoms with Gasteiger partial charge >= 0.3 is 6.01 Å². The number of alkyl halides is 1. The highest BCUT2D eigenvalue weighted by Crippen LogP contribution is 2.16. The summed E-state index contributed by atoms with van der Waals surface area (Å²) in [4.78, 5) is 21.0. The molecule has 0 bridgehead atoms. The summed E-state index contributed by atoms with van der Waals surface area (Å²) < 4.78 is 18.2. The fraction of sp³-hybridized carbons (Fsp3) is 0.583. The molecule has 1 aliphatic rings. The Morgan fingerprint density at radius 3 is 2.89 bits per heavy atom. The van der Waals surface area contributed by atoms with Crippen LogP contribution in [0.5, 0.6) is 6.01 Å². The van der Waals surface area contributed by atoms with Crippen molar-refractivity contribution in [1.82, 2.24) is 14.9 Å². The Labute approximate surface area is 115 Å². The minimum Gasteiger partial charge on any atom is -0.458 e. The van der Waals surface area contributed by atoms with Crippen molar-refractivity contribution in [1.29, 1.82) is 0 Å². The first-order chi connectivity index (χ1) is 9.06. The third-order valence-corrected chi connectivity index (χ3v) is 3.09.